The van der Waals surface area contributed by atoms with Crippen molar-refractivity contribution in [1.82, 2.24) is 10.6 Å². The Bertz CT molecular complexity index is 33.1. The third-order valence-corrected chi connectivity index (χ3v) is 1.000. The molecule has 0 radical (unpaired) electrons. The predicted octanol–water partition coefficient (Wildman–Crippen LogP) is 0.851. The van der Waals surface area contributed by atoms with Gasteiger partial charge in [0.05, 0.1) is 0 Å². The van der Waals surface area contributed by atoms with Gasteiger partial charge in [0.15, 0.2) is 0 Å². The van der Waals surface area contributed by atoms with Gasteiger partial charge in [0, 0.05) is 0 Å². The molecule has 64 valence electrons. The van der Waals surface area contributed by atoms with Crippen molar-refractivity contribution in [3.63, 3.8) is 0 Å². The van der Waals surface area contributed by atoms with E-state index in [1.54, 1.807) is 0 Å². The molecular formula is C8H22MgN2+2. The van der Waals surface area contributed by atoms with Crippen LogP contribution in [0.4, 0.5) is 0 Å². The normalized spacial score (nSPS) is 7.64. The van der Waals surface area contributed by atoms with Crippen LogP contribution < -0.4 is 10.6 Å². The van der Waals surface area contributed by atoms with E-state index in [0.717, 1.165) is 26.2 Å². The summed E-state index contributed by atoms with van der Waals surface area (Å²) in [6, 6.07) is 0. The predicted molar refractivity (Wildman–Crippen MR) is 54.2 cm³/mol. The zero-order valence-electron chi connectivity index (χ0n) is 8.54. The van der Waals surface area contributed by atoms with Crippen molar-refractivity contribution in [3.05, 3.63) is 0 Å². The monoisotopic (exact) mass is 170 g/mol. The van der Waals surface area contributed by atoms with Crippen LogP contribution in [0.15, 0.2) is 0 Å². The van der Waals surface area contributed by atoms with Gasteiger partial charge < -0.3 is 10.6 Å². The fraction of sp³-hybridized carbons (Fsp3) is 1.00. The minimum atomic E-state index is 0. The van der Waals surface area contributed by atoms with Gasteiger partial charge >= 0.3 is 23.1 Å². The molecule has 0 aromatic heterocycles. The summed E-state index contributed by atoms with van der Waals surface area (Å²) in [6.07, 6.45) is 0. The van der Waals surface area contributed by atoms with E-state index in [-0.39, 0.29) is 23.1 Å². The first kappa shape index (κ1) is 17.7. The van der Waals surface area contributed by atoms with E-state index < -0.39 is 0 Å². The third-order valence-electron chi connectivity index (χ3n) is 1.000. The fourth-order valence-corrected chi connectivity index (χ4v) is 0.500. The second-order valence-corrected chi connectivity index (χ2v) is 1.91. The number of hydrogen-bond donors (Lipinski definition) is 2. The minimum Gasteiger partial charge on any atom is -0.317 e. The Morgan fingerprint density at radius 3 is 0.818 bits per heavy atom. The van der Waals surface area contributed by atoms with Crippen LogP contribution in [0.3, 0.4) is 0 Å². The Hall–Kier alpha value is 0.686. The van der Waals surface area contributed by atoms with Gasteiger partial charge in [0.2, 0.25) is 0 Å². The van der Waals surface area contributed by atoms with E-state index in [0.29, 0.717) is 0 Å². The molecule has 0 aromatic rings. The van der Waals surface area contributed by atoms with Crippen LogP contribution in [0.5, 0.6) is 0 Å². The average molecular weight is 171 g/mol. The molecule has 11 heavy (non-hydrogen) atoms. The molecule has 0 aliphatic rings. The molecule has 0 aliphatic carbocycles. The van der Waals surface area contributed by atoms with E-state index in [4.69, 9.17) is 0 Å². The number of hydrogen-bond acceptors (Lipinski definition) is 2. The fourth-order valence-electron chi connectivity index (χ4n) is 0.500. The Morgan fingerprint density at radius 1 is 0.636 bits per heavy atom. The zero-order valence-corrected chi connectivity index (χ0v) is 9.95. The molecule has 0 bridgehead atoms. The van der Waals surface area contributed by atoms with Crippen LogP contribution in [-0.2, 0) is 0 Å². The molecule has 0 saturated heterocycles. The van der Waals surface area contributed by atoms with Crippen molar-refractivity contribution >= 4 is 23.1 Å². The van der Waals surface area contributed by atoms with Gasteiger partial charge in [0.25, 0.3) is 0 Å². The van der Waals surface area contributed by atoms with E-state index in [2.05, 4.69) is 38.3 Å². The quantitative estimate of drug-likeness (QED) is 0.612. The first-order valence-corrected chi connectivity index (χ1v) is 4.24. The summed E-state index contributed by atoms with van der Waals surface area (Å²) in [6.45, 7) is 12.8. The first-order chi connectivity index (χ1) is 4.83. The van der Waals surface area contributed by atoms with Crippen molar-refractivity contribution < 1.29 is 0 Å². The molecule has 0 amide bonds. The molecule has 2 N–H and O–H groups in total. The molecule has 0 aromatic carbocycles. The molecule has 0 saturated carbocycles. The zero-order chi connectivity index (χ0) is 8.24. The molecule has 0 unspecified atom stereocenters. The summed E-state index contributed by atoms with van der Waals surface area (Å²) >= 11 is 0. The molecule has 0 aliphatic heterocycles. The molecular weight excluding hydrogens is 148 g/mol. The van der Waals surface area contributed by atoms with E-state index in [9.17, 15) is 0 Å². The Morgan fingerprint density at radius 2 is 0.818 bits per heavy atom. The van der Waals surface area contributed by atoms with Crippen molar-refractivity contribution in [2.24, 2.45) is 0 Å². The minimum absolute atomic E-state index is 0. The summed E-state index contributed by atoms with van der Waals surface area (Å²) in [5.74, 6) is 0. The van der Waals surface area contributed by atoms with E-state index >= 15 is 0 Å². The van der Waals surface area contributed by atoms with Gasteiger partial charge in [0.1, 0.15) is 0 Å². The Balaban J connectivity index is -0.000000107. The number of rotatable bonds is 4. The average Bonchev–Trinajstić information content (AvgIpc) is 1.93. The van der Waals surface area contributed by atoms with Crippen LogP contribution >= 0.6 is 0 Å². The summed E-state index contributed by atoms with van der Waals surface area (Å²) in [4.78, 5) is 0. The second-order valence-electron chi connectivity index (χ2n) is 1.91. The largest absolute Gasteiger partial charge is 2.00 e. The molecule has 0 rings (SSSR count). The molecule has 3 heteroatoms. The van der Waals surface area contributed by atoms with Crippen LogP contribution in [-0.4, -0.2) is 49.2 Å². The van der Waals surface area contributed by atoms with E-state index in [1.807, 2.05) is 0 Å². The van der Waals surface area contributed by atoms with Crippen molar-refractivity contribution in [2.75, 3.05) is 26.2 Å². The summed E-state index contributed by atoms with van der Waals surface area (Å²) in [5.41, 5.74) is 0. The van der Waals surface area contributed by atoms with Gasteiger partial charge in [-0.2, -0.15) is 0 Å². The maximum Gasteiger partial charge on any atom is 2.00 e. The van der Waals surface area contributed by atoms with Gasteiger partial charge in [-0.25, -0.2) is 0 Å². The standard InChI is InChI=1S/2C4H11N.Mg/c2*1-3-5-4-2;/h2*5H,3-4H2,1-2H3;/q;;+2. The van der Waals surface area contributed by atoms with Crippen LogP contribution in [0.2, 0.25) is 0 Å². The van der Waals surface area contributed by atoms with Crippen LogP contribution in [0.25, 0.3) is 0 Å². The first-order valence-electron chi connectivity index (χ1n) is 4.24. The maximum atomic E-state index is 3.11. The maximum absolute atomic E-state index is 3.11. The molecule has 0 atom stereocenters. The van der Waals surface area contributed by atoms with Crippen molar-refractivity contribution in [3.8, 4) is 0 Å². The summed E-state index contributed by atoms with van der Waals surface area (Å²) < 4.78 is 0. The van der Waals surface area contributed by atoms with Gasteiger partial charge in [-0.1, -0.05) is 27.7 Å². The van der Waals surface area contributed by atoms with Crippen LogP contribution in [0.1, 0.15) is 27.7 Å². The second kappa shape index (κ2) is 22.4. The topological polar surface area (TPSA) is 24.1 Å². The van der Waals surface area contributed by atoms with Gasteiger partial charge in [-0.3, -0.25) is 0 Å². The molecule has 0 heterocycles. The third kappa shape index (κ3) is 36.7. The van der Waals surface area contributed by atoms with E-state index in [1.165, 1.54) is 0 Å². The van der Waals surface area contributed by atoms with Crippen molar-refractivity contribution in [1.29, 1.82) is 0 Å². The molecule has 0 spiro atoms. The van der Waals surface area contributed by atoms with Gasteiger partial charge in [-0.05, 0) is 26.2 Å². The smallest absolute Gasteiger partial charge is 0.317 e. The molecule has 2 nitrogen and oxygen atoms in total. The van der Waals surface area contributed by atoms with Crippen LogP contribution in [0, 0.1) is 0 Å². The van der Waals surface area contributed by atoms with Crippen molar-refractivity contribution in [2.45, 2.75) is 27.7 Å². The SMILES string of the molecule is CCNCC.CCNCC.[Mg+2]. The number of nitrogens with one attached hydrogen (secondary N) is 2. The summed E-state index contributed by atoms with van der Waals surface area (Å²) in [5, 5.41) is 6.22. The molecule has 0 fully saturated rings. The summed E-state index contributed by atoms with van der Waals surface area (Å²) in [7, 11) is 0. The van der Waals surface area contributed by atoms with Gasteiger partial charge in [-0.15, -0.1) is 0 Å². The Labute approximate surface area is 87.7 Å². The Kier molecular flexibility index (Phi) is 36.1.